The van der Waals surface area contributed by atoms with Gasteiger partial charge in [0.25, 0.3) is 0 Å². The minimum absolute atomic E-state index is 0.0508. The molecule has 0 radical (unpaired) electrons. The van der Waals surface area contributed by atoms with Crippen LogP contribution in [0.2, 0.25) is 0 Å². The molecule has 0 bridgehead atoms. The molecule has 3 N–H and O–H groups in total. The Kier molecular flexibility index (Phi) is 5.25. The molecule has 10 nitrogen and oxygen atoms in total. The van der Waals surface area contributed by atoms with E-state index in [-0.39, 0.29) is 17.9 Å². The highest BCUT2D eigenvalue weighted by Gasteiger charge is 2.39. The third-order valence-electron chi connectivity index (χ3n) is 5.93. The number of likely N-dealkylation sites (N-methyl/N-ethyl adjacent to an activating group) is 1. The number of nitrogens with one attached hydrogen (secondary N) is 1. The van der Waals surface area contributed by atoms with Gasteiger partial charge in [-0.1, -0.05) is 6.92 Å². The third kappa shape index (κ3) is 3.50. The molecule has 5 rings (SSSR count). The summed E-state index contributed by atoms with van der Waals surface area (Å²) >= 11 is 1.54. The number of thiazole rings is 1. The van der Waals surface area contributed by atoms with E-state index in [4.69, 9.17) is 10.7 Å². The average Bonchev–Trinajstić information content (AvgIpc) is 3.53. The van der Waals surface area contributed by atoms with E-state index in [9.17, 15) is 9.59 Å². The summed E-state index contributed by atoms with van der Waals surface area (Å²) in [7, 11) is 1.73. The molecule has 3 unspecified atom stereocenters. The van der Waals surface area contributed by atoms with Crippen LogP contribution in [-0.2, 0) is 4.79 Å². The number of anilines is 3. The van der Waals surface area contributed by atoms with Crippen molar-refractivity contribution in [2.24, 2.45) is 10.8 Å². The van der Waals surface area contributed by atoms with E-state index in [1.165, 1.54) is 0 Å². The van der Waals surface area contributed by atoms with E-state index in [0.29, 0.717) is 29.3 Å². The largest absolute Gasteiger partial charge is 0.366 e. The summed E-state index contributed by atoms with van der Waals surface area (Å²) in [4.78, 5) is 42.1. The zero-order chi connectivity index (χ0) is 23.1. The number of fused-ring (bicyclic) bond motifs is 1. The smallest absolute Gasteiger partial charge is 0.250 e. The topological polar surface area (TPSA) is 130 Å². The number of hydrogen-bond acceptors (Lipinski definition) is 9. The first-order chi connectivity index (χ1) is 16.0. The Balaban J connectivity index is 1.61. The highest BCUT2D eigenvalue weighted by molar-refractivity contribution is 7.09. The van der Waals surface area contributed by atoms with Crippen LogP contribution < -0.4 is 21.0 Å². The van der Waals surface area contributed by atoms with Crippen LogP contribution in [0.15, 0.2) is 47.1 Å². The van der Waals surface area contributed by atoms with E-state index in [2.05, 4.69) is 20.5 Å². The van der Waals surface area contributed by atoms with Gasteiger partial charge in [-0.05, 0) is 30.7 Å². The second-order valence-corrected chi connectivity index (χ2v) is 8.75. The van der Waals surface area contributed by atoms with Gasteiger partial charge in [-0.3, -0.25) is 15.0 Å². The van der Waals surface area contributed by atoms with Crippen LogP contribution in [0.1, 0.15) is 46.5 Å². The Morgan fingerprint density at radius 2 is 2.03 bits per heavy atom. The molecule has 2 aliphatic rings. The molecular formula is C22H22N8O2S. The van der Waals surface area contributed by atoms with Gasteiger partial charge in [0.05, 0.1) is 12.1 Å². The fourth-order valence-corrected chi connectivity index (χ4v) is 4.91. The van der Waals surface area contributed by atoms with Gasteiger partial charge in [-0.25, -0.2) is 15.0 Å². The predicted octanol–water partition coefficient (Wildman–Crippen LogP) is 2.34. The maximum Gasteiger partial charge on any atom is 0.250 e. The predicted molar refractivity (Wildman–Crippen MR) is 126 cm³/mol. The molecule has 1 aromatic carbocycles. The van der Waals surface area contributed by atoms with E-state index in [1.54, 1.807) is 66.2 Å². The minimum Gasteiger partial charge on any atom is -0.366 e. The van der Waals surface area contributed by atoms with Crippen molar-refractivity contribution in [3.8, 4) is 0 Å². The molecular weight excluding hydrogens is 440 g/mol. The van der Waals surface area contributed by atoms with Gasteiger partial charge < -0.3 is 15.5 Å². The fraction of sp³-hybridized carbons (Fsp3) is 0.273. The molecule has 2 aromatic heterocycles. The molecule has 0 aliphatic carbocycles. The lowest BCUT2D eigenvalue weighted by Crippen LogP contribution is -2.50. The van der Waals surface area contributed by atoms with Crippen molar-refractivity contribution in [1.82, 2.24) is 20.4 Å². The first-order valence-electron chi connectivity index (χ1n) is 10.5. The van der Waals surface area contributed by atoms with Crippen LogP contribution in [0, 0.1) is 0 Å². The summed E-state index contributed by atoms with van der Waals surface area (Å²) in [5.74, 6) is 0.445. The lowest BCUT2D eigenvalue weighted by atomic mass is 10.0. The summed E-state index contributed by atoms with van der Waals surface area (Å²) in [5, 5.41) is 7.06. The van der Waals surface area contributed by atoms with Crippen LogP contribution >= 0.6 is 11.3 Å². The number of rotatable bonds is 5. The molecule has 2 amide bonds. The second kappa shape index (κ2) is 8.24. The molecule has 2 aliphatic heterocycles. The number of amides is 2. The van der Waals surface area contributed by atoms with Crippen molar-refractivity contribution in [3.63, 3.8) is 0 Å². The molecule has 0 saturated carbocycles. The van der Waals surface area contributed by atoms with Crippen LogP contribution in [0.5, 0.6) is 0 Å². The Morgan fingerprint density at radius 1 is 1.24 bits per heavy atom. The monoisotopic (exact) mass is 462 g/mol. The zero-order valence-corrected chi connectivity index (χ0v) is 18.9. The van der Waals surface area contributed by atoms with E-state index >= 15 is 0 Å². The fourth-order valence-electron chi connectivity index (χ4n) is 4.18. The van der Waals surface area contributed by atoms with Crippen LogP contribution in [0.3, 0.4) is 0 Å². The summed E-state index contributed by atoms with van der Waals surface area (Å²) in [6.45, 7) is 1.96. The zero-order valence-electron chi connectivity index (χ0n) is 18.0. The normalized spacial score (nSPS) is 21.8. The van der Waals surface area contributed by atoms with Gasteiger partial charge >= 0.3 is 0 Å². The molecule has 4 heterocycles. The van der Waals surface area contributed by atoms with Gasteiger partial charge in [0, 0.05) is 36.1 Å². The molecule has 33 heavy (non-hydrogen) atoms. The number of carbonyl (C=O) groups is 2. The van der Waals surface area contributed by atoms with E-state index in [0.717, 1.165) is 10.7 Å². The lowest BCUT2D eigenvalue weighted by molar-refractivity contribution is -0.119. The molecule has 3 aromatic rings. The second-order valence-electron chi connectivity index (χ2n) is 7.82. The van der Waals surface area contributed by atoms with Crippen LogP contribution in [0.4, 0.5) is 17.2 Å². The molecule has 11 heteroatoms. The maximum absolute atomic E-state index is 13.1. The van der Waals surface area contributed by atoms with E-state index in [1.807, 2.05) is 17.2 Å². The Bertz CT molecular complexity index is 1230. The van der Waals surface area contributed by atoms with E-state index < -0.39 is 11.9 Å². The first kappa shape index (κ1) is 21.0. The van der Waals surface area contributed by atoms with Crippen LogP contribution in [-0.4, -0.2) is 46.1 Å². The number of nitrogens with two attached hydrogens (primary N) is 1. The minimum atomic E-state index is -0.505. The standard InChI is InChI=1S/C22H22N8O2S/c1-3-15-22(32)29(2)16-11-25-19(14-10-26-28-17(14)21-24-8-9-33-21)27-20(16)30(15)13-6-4-12(5-7-13)18(23)31/h4-11,14-15,17,28H,3H2,1-2H3,(H2,23,31). The van der Waals surface area contributed by atoms with Crippen molar-refractivity contribution < 1.29 is 9.59 Å². The number of hydrazone groups is 1. The van der Waals surface area contributed by atoms with Gasteiger partial charge in [-0.15, -0.1) is 11.3 Å². The summed E-state index contributed by atoms with van der Waals surface area (Å²) in [5.41, 5.74) is 10.3. The molecule has 3 atom stereocenters. The number of nitrogens with zero attached hydrogens (tertiary/aromatic N) is 6. The van der Waals surface area contributed by atoms with Gasteiger partial charge in [0.2, 0.25) is 11.8 Å². The van der Waals surface area contributed by atoms with Crippen molar-refractivity contribution in [2.75, 3.05) is 16.8 Å². The summed E-state index contributed by atoms with van der Waals surface area (Å²) < 4.78 is 0. The summed E-state index contributed by atoms with van der Waals surface area (Å²) in [6.07, 6.45) is 5.80. The highest BCUT2D eigenvalue weighted by atomic mass is 32.1. The van der Waals surface area contributed by atoms with Crippen molar-refractivity contribution >= 4 is 46.6 Å². The number of hydrogen-bond donors (Lipinski definition) is 2. The quantitative estimate of drug-likeness (QED) is 0.595. The molecule has 168 valence electrons. The number of primary amides is 1. The number of carbonyl (C=O) groups excluding carboxylic acids is 2. The molecule has 0 fully saturated rings. The maximum atomic E-state index is 13.1. The Hall–Kier alpha value is -3.86. The van der Waals surface area contributed by atoms with Crippen LogP contribution in [0.25, 0.3) is 0 Å². The average molecular weight is 463 g/mol. The first-order valence-corrected chi connectivity index (χ1v) is 11.4. The van der Waals surface area contributed by atoms with Crippen molar-refractivity contribution in [1.29, 1.82) is 0 Å². The van der Waals surface area contributed by atoms with Gasteiger partial charge in [0.1, 0.15) is 28.6 Å². The Labute approximate surface area is 194 Å². The molecule has 0 saturated heterocycles. The van der Waals surface area contributed by atoms with Gasteiger partial charge in [0.15, 0.2) is 5.82 Å². The van der Waals surface area contributed by atoms with Gasteiger partial charge in [-0.2, -0.15) is 5.10 Å². The highest BCUT2D eigenvalue weighted by Crippen LogP contribution is 2.41. The number of benzene rings is 1. The Morgan fingerprint density at radius 3 is 2.70 bits per heavy atom. The van der Waals surface area contributed by atoms with Crippen molar-refractivity contribution in [2.45, 2.75) is 31.3 Å². The van der Waals surface area contributed by atoms with Crippen molar-refractivity contribution in [3.05, 3.63) is 58.4 Å². The number of aromatic nitrogens is 3. The third-order valence-corrected chi connectivity index (χ3v) is 6.78. The molecule has 0 spiro atoms. The SMILES string of the molecule is CCC1C(=O)N(C)c2cnc(C3C=NNC3c3nccs3)nc2N1c1ccc(C(N)=O)cc1. The lowest BCUT2D eigenvalue weighted by Gasteiger charge is -2.40. The summed E-state index contributed by atoms with van der Waals surface area (Å²) in [6, 6.07) is 6.27.